The van der Waals surface area contributed by atoms with Crippen molar-refractivity contribution < 1.29 is 14.3 Å². The number of nitrogens with one attached hydrogen (secondary N) is 1. The largest absolute Gasteiger partial charge is 0.466 e. The fourth-order valence-electron chi connectivity index (χ4n) is 2.33. The Bertz CT molecular complexity index is 831. The molecule has 0 fully saturated rings. The molecule has 0 bridgehead atoms. The maximum atomic E-state index is 12.4. The number of ether oxygens (including phenoxy) is 1. The number of esters is 1. The van der Waals surface area contributed by atoms with Crippen molar-refractivity contribution in [3.63, 3.8) is 0 Å². The number of nitrogens with zero attached hydrogens (tertiary/aromatic N) is 1. The molecule has 6 nitrogen and oxygen atoms in total. The molecular weight excluding hydrogens is 366 g/mol. The molecule has 142 valence electrons. The number of carbonyl (C=O) groups excluding carboxylic acids is 2. The van der Waals surface area contributed by atoms with Gasteiger partial charge < -0.3 is 15.4 Å². The lowest BCUT2D eigenvalue weighted by Gasteiger charge is -2.15. The lowest BCUT2D eigenvalue weighted by atomic mass is 10.0. The Morgan fingerprint density at radius 2 is 1.52 bits per heavy atom. The van der Waals surface area contributed by atoms with E-state index in [4.69, 9.17) is 11.1 Å². The molecule has 0 unspecified atom stereocenters. The Kier molecular flexibility index (Phi) is 8.23. The number of methoxy groups -OCH3 is 1. The van der Waals surface area contributed by atoms with Crippen molar-refractivity contribution in [1.82, 2.24) is 4.90 Å². The second kappa shape index (κ2) is 10.1. The van der Waals surface area contributed by atoms with Crippen LogP contribution in [0.15, 0.2) is 60.7 Å². The first-order chi connectivity index (χ1) is 12.4. The van der Waals surface area contributed by atoms with Crippen molar-refractivity contribution >= 4 is 30.1 Å². The van der Waals surface area contributed by atoms with Crippen molar-refractivity contribution in [1.29, 1.82) is 5.41 Å². The lowest BCUT2D eigenvalue weighted by Crippen LogP contribution is -2.26. The zero-order valence-corrected chi connectivity index (χ0v) is 16.0. The van der Waals surface area contributed by atoms with E-state index in [0.717, 1.165) is 11.1 Å². The summed E-state index contributed by atoms with van der Waals surface area (Å²) in [4.78, 5) is 24.9. The van der Waals surface area contributed by atoms with E-state index in [1.54, 1.807) is 37.4 Å². The van der Waals surface area contributed by atoms with Gasteiger partial charge in [-0.05, 0) is 23.3 Å². The Labute approximate surface area is 164 Å². The predicted molar refractivity (Wildman–Crippen MR) is 108 cm³/mol. The third-order valence-corrected chi connectivity index (χ3v) is 3.84. The summed E-state index contributed by atoms with van der Waals surface area (Å²) in [6.45, 7) is 0.308. The van der Waals surface area contributed by atoms with Crippen LogP contribution in [0, 0.1) is 5.41 Å². The van der Waals surface area contributed by atoms with E-state index in [1.165, 1.54) is 18.1 Å². The highest BCUT2D eigenvalue weighted by molar-refractivity contribution is 5.96. The number of amides is 1. The van der Waals surface area contributed by atoms with E-state index in [0.29, 0.717) is 17.7 Å². The summed E-state index contributed by atoms with van der Waals surface area (Å²) < 4.78 is 4.50. The first-order valence-electron chi connectivity index (χ1n) is 7.97. The van der Waals surface area contributed by atoms with Crippen LogP contribution in [-0.2, 0) is 9.53 Å². The average molecular weight is 388 g/mol. The predicted octanol–water partition coefficient (Wildman–Crippen LogP) is 2.86. The number of nitrogen functional groups attached to an aromatic ring is 1. The van der Waals surface area contributed by atoms with E-state index < -0.39 is 5.97 Å². The van der Waals surface area contributed by atoms with Gasteiger partial charge in [0.05, 0.1) is 7.11 Å². The molecule has 0 saturated heterocycles. The molecule has 7 heteroatoms. The molecule has 1 amide bonds. The van der Waals surface area contributed by atoms with E-state index in [1.807, 2.05) is 24.3 Å². The number of benzene rings is 2. The molecular formula is C20H22ClN3O3. The third-order valence-electron chi connectivity index (χ3n) is 3.84. The third kappa shape index (κ3) is 5.97. The average Bonchev–Trinajstić information content (AvgIpc) is 2.67. The normalized spacial score (nSPS) is 10.1. The van der Waals surface area contributed by atoms with E-state index in [-0.39, 0.29) is 24.1 Å². The molecule has 0 heterocycles. The minimum atomic E-state index is -0.453. The molecule has 2 rings (SSSR count). The topological polar surface area (TPSA) is 96.5 Å². The van der Waals surface area contributed by atoms with Crippen molar-refractivity contribution in [2.75, 3.05) is 20.7 Å². The summed E-state index contributed by atoms with van der Waals surface area (Å²) in [5.41, 5.74) is 8.62. The lowest BCUT2D eigenvalue weighted by molar-refractivity contribution is -0.134. The summed E-state index contributed by atoms with van der Waals surface area (Å²) in [5, 5.41) is 7.41. The van der Waals surface area contributed by atoms with Gasteiger partial charge in [0.1, 0.15) is 5.84 Å². The highest BCUT2D eigenvalue weighted by Crippen LogP contribution is 2.20. The number of rotatable bonds is 6. The first kappa shape index (κ1) is 21.9. The standard InChI is InChI=1S/C20H21N3O3.ClH/c1-23(13-3-4-18(24)26-2)20(25)17-11-7-15(8-12-17)14-5-9-16(10-6-14)19(21)22;/h3-12H,13H2,1-2H3,(H3,21,22);1H. The van der Waals surface area contributed by atoms with Gasteiger partial charge in [-0.1, -0.05) is 42.5 Å². The fourth-order valence-corrected chi connectivity index (χ4v) is 2.33. The maximum absolute atomic E-state index is 12.4. The number of halogens is 1. The van der Waals surface area contributed by atoms with Crippen LogP contribution in [0.4, 0.5) is 0 Å². The summed E-state index contributed by atoms with van der Waals surface area (Å²) in [7, 11) is 2.97. The van der Waals surface area contributed by atoms with Gasteiger partial charge in [-0.25, -0.2) is 4.79 Å². The summed E-state index contributed by atoms with van der Waals surface area (Å²) >= 11 is 0. The number of amidine groups is 1. The molecule has 2 aromatic rings. The Balaban J connectivity index is 0.00000364. The Morgan fingerprint density at radius 3 is 1.96 bits per heavy atom. The molecule has 0 atom stereocenters. The smallest absolute Gasteiger partial charge is 0.330 e. The van der Waals surface area contributed by atoms with Crippen molar-refractivity contribution in [3.8, 4) is 11.1 Å². The van der Waals surface area contributed by atoms with Crippen LogP contribution >= 0.6 is 12.4 Å². The molecule has 0 aliphatic heterocycles. The molecule has 0 aromatic heterocycles. The molecule has 0 aliphatic rings. The number of hydrogen-bond acceptors (Lipinski definition) is 4. The Morgan fingerprint density at radius 1 is 1.04 bits per heavy atom. The first-order valence-corrected chi connectivity index (χ1v) is 7.97. The van der Waals surface area contributed by atoms with Gasteiger partial charge in [0.15, 0.2) is 0 Å². The van der Waals surface area contributed by atoms with Crippen LogP contribution in [0.1, 0.15) is 15.9 Å². The van der Waals surface area contributed by atoms with Crippen LogP contribution in [0.3, 0.4) is 0 Å². The van der Waals surface area contributed by atoms with Gasteiger partial charge in [-0.15, -0.1) is 12.4 Å². The number of likely N-dealkylation sites (N-methyl/N-ethyl adjacent to an activating group) is 1. The van der Waals surface area contributed by atoms with Crippen molar-refractivity contribution in [2.24, 2.45) is 5.73 Å². The van der Waals surface area contributed by atoms with Gasteiger partial charge in [0.2, 0.25) is 0 Å². The van der Waals surface area contributed by atoms with Crippen LogP contribution in [-0.4, -0.2) is 43.3 Å². The monoisotopic (exact) mass is 387 g/mol. The zero-order chi connectivity index (χ0) is 19.1. The molecule has 0 saturated carbocycles. The number of hydrogen-bond donors (Lipinski definition) is 2. The quantitative estimate of drug-likeness (QED) is 0.344. The number of carbonyl (C=O) groups is 2. The summed E-state index contributed by atoms with van der Waals surface area (Å²) in [6.07, 6.45) is 2.87. The minimum Gasteiger partial charge on any atom is -0.466 e. The number of nitrogens with two attached hydrogens (primary N) is 1. The molecule has 0 radical (unpaired) electrons. The minimum absolute atomic E-state index is 0. The zero-order valence-electron chi connectivity index (χ0n) is 15.1. The van der Waals surface area contributed by atoms with Gasteiger partial charge in [-0.3, -0.25) is 10.2 Å². The molecule has 2 aromatic carbocycles. The van der Waals surface area contributed by atoms with Gasteiger partial charge in [-0.2, -0.15) is 0 Å². The highest BCUT2D eigenvalue weighted by Gasteiger charge is 2.10. The van der Waals surface area contributed by atoms with Crippen LogP contribution in [0.5, 0.6) is 0 Å². The summed E-state index contributed by atoms with van der Waals surface area (Å²) in [6, 6.07) is 14.6. The Hall–Kier alpha value is -3.12. The highest BCUT2D eigenvalue weighted by atomic mass is 35.5. The van der Waals surface area contributed by atoms with Crippen molar-refractivity contribution in [2.45, 2.75) is 0 Å². The SMILES string of the molecule is COC(=O)C=CCN(C)C(=O)c1ccc(-c2ccc(C(=N)N)cc2)cc1.Cl. The van der Waals surface area contributed by atoms with Crippen LogP contribution in [0.25, 0.3) is 11.1 Å². The second-order valence-electron chi connectivity index (χ2n) is 5.68. The van der Waals surface area contributed by atoms with Crippen molar-refractivity contribution in [3.05, 3.63) is 71.8 Å². The second-order valence-corrected chi connectivity index (χ2v) is 5.68. The van der Waals surface area contributed by atoms with Gasteiger partial charge in [0, 0.05) is 30.8 Å². The molecule has 27 heavy (non-hydrogen) atoms. The maximum Gasteiger partial charge on any atom is 0.330 e. The van der Waals surface area contributed by atoms with Gasteiger partial charge in [0.25, 0.3) is 5.91 Å². The molecule has 0 aliphatic carbocycles. The fraction of sp³-hybridized carbons (Fsp3) is 0.150. The molecule has 0 spiro atoms. The summed E-state index contributed by atoms with van der Waals surface area (Å²) in [5.74, 6) is -0.564. The van der Waals surface area contributed by atoms with E-state index >= 15 is 0 Å². The van der Waals surface area contributed by atoms with Gasteiger partial charge >= 0.3 is 5.97 Å². The van der Waals surface area contributed by atoms with E-state index in [9.17, 15) is 9.59 Å². The van der Waals surface area contributed by atoms with E-state index in [2.05, 4.69) is 4.74 Å². The van der Waals surface area contributed by atoms with Crippen LogP contribution in [0.2, 0.25) is 0 Å². The molecule has 3 N–H and O–H groups in total. The van der Waals surface area contributed by atoms with Crippen LogP contribution < -0.4 is 5.73 Å².